The van der Waals surface area contributed by atoms with E-state index in [1.807, 2.05) is 6.92 Å². The molecular formula is C14H16ClF2NO. The summed E-state index contributed by atoms with van der Waals surface area (Å²) in [6.45, 7) is 2.64. The number of rotatable bonds is 3. The van der Waals surface area contributed by atoms with E-state index in [1.165, 1.54) is 6.07 Å². The van der Waals surface area contributed by atoms with E-state index >= 15 is 0 Å². The van der Waals surface area contributed by atoms with Crippen molar-refractivity contribution in [3.05, 3.63) is 35.4 Å². The van der Waals surface area contributed by atoms with Crippen LogP contribution in [-0.2, 0) is 11.2 Å². The van der Waals surface area contributed by atoms with Crippen LogP contribution in [0.3, 0.4) is 0 Å². The van der Waals surface area contributed by atoms with Crippen molar-refractivity contribution in [2.75, 3.05) is 12.4 Å². The van der Waals surface area contributed by atoms with Gasteiger partial charge in [-0.2, -0.15) is 0 Å². The number of amides is 1. The number of nitrogens with zero attached hydrogens (tertiary/aromatic N) is 1. The van der Waals surface area contributed by atoms with E-state index < -0.39 is 11.6 Å². The number of carbonyl (C=O) groups is 1. The van der Waals surface area contributed by atoms with Crippen molar-refractivity contribution in [1.29, 1.82) is 0 Å². The maximum absolute atomic E-state index is 13.5. The second-order valence-corrected chi connectivity index (χ2v) is 5.26. The maximum Gasteiger partial charge on any atom is 0.227 e. The van der Waals surface area contributed by atoms with Crippen molar-refractivity contribution >= 4 is 17.5 Å². The summed E-state index contributed by atoms with van der Waals surface area (Å²) in [5.41, 5.74) is -0.166. The third kappa shape index (κ3) is 2.89. The Kier molecular flexibility index (Phi) is 4.40. The number of halogens is 3. The first kappa shape index (κ1) is 14.3. The summed E-state index contributed by atoms with van der Waals surface area (Å²) < 4.78 is 27.0. The van der Waals surface area contributed by atoms with Crippen molar-refractivity contribution in [3.63, 3.8) is 0 Å². The lowest BCUT2D eigenvalue weighted by molar-refractivity contribution is -0.131. The SMILES string of the molecule is CC1CCN(C(=O)Cc2c(F)cccc2F)C1CCl. The Morgan fingerprint density at radius 2 is 2.05 bits per heavy atom. The van der Waals surface area contributed by atoms with E-state index in [-0.39, 0.29) is 23.9 Å². The Hall–Kier alpha value is -1.16. The zero-order valence-corrected chi connectivity index (χ0v) is 11.5. The standard InChI is InChI=1S/C14H16ClF2NO/c1-9-5-6-18(13(9)8-15)14(19)7-10-11(16)3-2-4-12(10)17/h2-4,9,13H,5-8H2,1H3. The highest BCUT2D eigenvalue weighted by molar-refractivity contribution is 6.18. The summed E-state index contributed by atoms with van der Waals surface area (Å²) in [5.74, 6) is -0.941. The minimum atomic E-state index is -0.678. The number of carbonyl (C=O) groups excluding carboxylic acids is 1. The van der Waals surface area contributed by atoms with Gasteiger partial charge in [-0.15, -0.1) is 11.6 Å². The minimum absolute atomic E-state index is 0.0380. The van der Waals surface area contributed by atoms with Gasteiger partial charge in [0.2, 0.25) is 5.91 Å². The van der Waals surface area contributed by atoms with Crippen LogP contribution < -0.4 is 0 Å². The molecule has 1 heterocycles. The quantitative estimate of drug-likeness (QED) is 0.783. The molecule has 19 heavy (non-hydrogen) atoms. The Bertz CT molecular complexity index is 460. The molecule has 1 aromatic rings. The Morgan fingerprint density at radius 3 is 2.63 bits per heavy atom. The van der Waals surface area contributed by atoms with Crippen molar-refractivity contribution in [1.82, 2.24) is 4.90 Å². The molecule has 2 rings (SSSR count). The molecule has 5 heteroatoms. The lowest BCUT2D eigenvalue weighted by Gasteiger charge is -2.25. The topological polar surface area (TPSA) is 20.3 Å². The largest absolute Gasteiger partial charge is 0.338 e. The molecule has 0 saturated carbocycles. The molecule has 0 aliphatic carbocycles. The smallest absolute Gasteiger partial charge is 0.227 e. The van der Waals surface area contributed by atoms with Crippen LogP contribution in [0.25, 0.3) is 0 Å². The van der Waals surface area contributed by atoms with Gasteiger partial charge >= 0.3 is 0 Å². The first-order valence-electron chi connectivity index (χ1n) is 6.33. The van der Waals surface area contributed by atoms with Gasteiger partial charge in [-0.25, -0.2) is 8.78 Å². The van der Waals surface area contributed by atoms with E-state index in [2.05, 4.69) is 0 Å². The monoisotopic (exact) mass is 287 g/mol. The summed E-state index contributed by atoms with van der Waals surface area (Å²) >= 11 is 5.86. The average Bonchev–Trinajstić information content (AvgIpc) is 2.75. The van der Waals surface area contributed by atoms with E-state index in [4.69, 9.17) is 11.6 Å². The zero-order chi connectivity index (χ0) is 14.0. The fourth-order valence-corrected chi connectivity index (χ4v) is 2.98. The highest BCUT2D eigenvalue weighted by Gasteiger charge is 2.34. The van der Waals surface area contributed by atoms with Gasteiger partial charge in [0.15, 0.2) is 0 Å². The van der Waals surface area contributed by atoms with E-state index in [0.717, 1.165) is 18.6 Å². The molecule has 1 aromatic carbocycles. The van der Waals surface area contributed by atoms with Crippen LogP contribution in [0.1, 0.15) is 18.9 Å². The molecule has 0 N–H and O–H groups in total. The number of likely N-dealkylation sites (tertiary alicyclic amines) is 1. The third-order valence-corrected chi connectivity index (χ3v) is 4.07. The zero-order valence-electron chi connectivity index (χ0n) is 10.7. The number of alkyl halides is 1. The van der Waals surface area contributed by atoms with E-state index in [1.54, 1.807) is 4.90 Å². The molecular weight excluding hydrogens is 272 g/mol. The van der Waals surface area contributed by atoms with Crippen molar-refractivity contribution in [2.45, 2.75) is 25.8 Å². The third-order valence-electron chi connectivity index (χ3n) is 3.75. The normalized spacial score (nSPS) is 22.8. The molecule has 1 saturated heterocycles. The molecule has 104 valence electrons. The van der Waals surface area contributed by atoms with Gasteiger partial charge in [0, 0.05) is 24.0 Å². The van der Waals surface area contributed by atoms with E-state index in [9.17, 15) is 13.6 Å². The van der Waals surface area contributed by atoms with Crippen LogP contribution in [0.5, 0.6) is 0 Å². The lowest BCUT2D eigenvalue weighted by atomic mass is 10.0. The molecule has 0 spiro atoms. The molecule has 0 bridgehead atoms. The Labute approximate surface area is 116 Å². The lowest BCUT2D eigenvalue weighted by Crippen LogP contribution is -2.39. The molecule has 1 aliphatic rings. The van der Waals surface area contributed by atoms with Gasteiger partial charge in [-0.05, 0) is 24.5 Å². The molecule has 0 radical (unpaired) electrons. The highest BCUT2D eigenvalue weighted by Crippen LogP contribution is 2.26. The van der Waals surface area contributed by atoms with Gasteiger partial charge in [-0.3, -0.25) is 4.79 Å². The van der Waals surface area contributed by atoms with Crippen LogP contribution in [0.15, 0.2) is 18.2 Å². The fraction of sp³-hybridized carbons (Fsp3) is 0.500. The Balaban J connectivity index is 2.13. The van der Waals surface area contributed by atoms with Crippen LogP contribution in [-0.4, -0.2) is 29.3 Å². The van der Waals surface area contributed by atoms with Gasteiger partial charge < -0.3 is 4.90 Å². The molecule has 2 nitrogen and oxygen atoms in total. The van der Waals surface area contributed by atoms with Crippen LogP contribution in [0, 0.1) is 17.6 Å². The van der Waals surface area contributed by atoms with Crippen molar-refractivity contribution in [3.8, 4) is 0 Å². The average molecular weight is 288 g/mol. The molecule has 1 fully saturated rings. The fourth-order valence-electron chi connectivity index (χ4n) is 2.51. The van der Waals surface area contributed by atoms with Crippen LogP contribution in [0.4, 0.5) is 8.78 Å². The number of benzene rings is 1. The van der Waals surface area contributed by atoms with Crippen LogP contribution in [0.2, 0.25) is 0 Å². The minimum Gasteiger partial charge on any atom is -0.338 e. The molecule has 1 aliphatic heterocycles. The number of hydrogen-bond donors (Lipinski definition) is 0. The summed E-state index contributed by atoms with van der Waals surface area (Å²) in [7, 11) is 0. The molecule has 2 atom stereocenters. The molecule has 0 aromatic heterocycles. The van der Waals surface area contributed by atoms with Gasteiger partial charge in [0.25, 0.3) is 0 Å². The first-order chi connectivity index (χ1) is 9.04. The number of hydrogen-bond acceptors (Lipinski definition) is 1. The van der Waals surface area contributed by atoms with Gasteiger partial charge in [0.1, 0.15) is 11.6 Å². The second kappa shape index (κ2) is 5.87. The van der Waals surface area contributed by atoms with Crippen molar-refractivity contribution < 1.29 is 13.6 Å². The first-order valence-corrected chi connectivity index (χ1v) is 6.86. The Morgan fingerprint density at radius 1 is 1.42 bits per heavy atom. The van der Waals surface area contributed by atoms with E-state index in [0.29, 0.717) is 18.3 Å². The van der Waals surface area contributed by atoms with Crippen molar-refractivity contribution in [2.24, 2.45) is 5.92 Å². The molecule has 2 unspecified atom stereocenters. The summed E-state index contributed by atoms with van der Waals surface area (Å²) in [4.78, 5) is 13.8. The molecule has 1 amide bonds. The summed E-state index contributed by atoms with van der Waals surface area (Å²) in [6.07, 6.45) is 0.626. The van der Waals surface area contributed by atoms with Gasteiger partial charge in [0.05, 0.1) is 6.42 Å². The highest BCUT2D eigenvalue weighted by atomic mass is 35.5. The maximum atomic E-state index is 13.5. The summed E-state index contributed by atoms with van der Waals surface area (Å²) in [6, 6.07) is 3.58. The van der Waals surface area contributed by atoms with Gasteiger partial charge in [-0.1, -0.05) is 13.0 Å². The predicted octanol–water partition coefficient (Wildman–Crippen LogP) is 2.98. The summed E-state index contributed by atoms with van der Waals surface area (Å²) in [5, 5.41) is 0. The van der Waals surface area contributed by atoms with Crippen LogP contribution >= 0.6 is 11.6 Å². The second-order valence-electron chi connectivity index (χ2n) is 4.95. The predicted molar refractivity (Wildman–Crippen MR) is 70.1 cm³/mol.